The van der Waals surface area contributed by atoms with Crippen LogP contribution >= 0.6 is 0 Å². The average molecular weight is 449 g/mol. The summed E-state index contributed by atoms with van der Waals surface area (Å²) in [6.45, 7) is 5.51. The van der Waals surface area contributed by atoms with Gasteiger partial charge < -0.3 is 15.0 Å². The first-order valence-corrected chi connectivity index (χ1v) is 11.7. The molecule has 0 aliphatic carbocycles. The third kappa shape index (κ3) is 4.93. The Morgan fingerprint density at radius 3 is 2.70 bits per heavy atom. The van der Waals surface area contributed by atoms with E-state index >= 15 is 0 Å². The molecule has 0 spiro atoms. The minimum atomic E-state index is -0.463. The first-order valence-electron chi connectivity index (χ1n) is 11.7. The largest absolute Gasteiger partial charge is 0.476 e. The van der Waals surface area contributed by atoms with E-state index in [-0.39, 0.29) is 11.8 Å². The molecule has 0 radical (unpaired) electrons. The van der Waals surface area contributed by atoms with Gasteiger partial charge in [0.15, 0.2) is 5.82 Å². The van der Waals surface area contributed by atoms with Crippen LogP contribution in [0.4, 0.5) is 15.9 Å². The molecule has 0 atom stereocenters. The van der Waals surface area contributed by atoms with Gasteiger partial charge in [-0.2, -0.15) is 4.98 Å². The smallest absolute Gasteiger partial charge is 0.252 e. The molecule has 1 amide bonds. The summed E-state index contributed by atoms with van der Waals surface area (Å²) in [6.07, 6.45) is 2.69. The summed E-state index contributed by atoms with van der Waals surface area (Å²) in [7, 11) is 0. The summed E-state index contributed by atoms with van der Waals surface area (Å²) in [5.41, 5.74) is 2.04. The molecule has 3 heterocycles. The van der Waals surface area contributed by atoms with E-state index in [1.807, 2.05) is 0 Å². The second-order valence-corrected chi connectivity index (χ2v) is 8.71. The van der Waals surface area contributed by atoms with Crippen LogP contribution < -0.4 is 15.0 Å². The number of pyridine rings is 1. The number of amides is 1. The van der Waals surface area contributed by atoms with E-state index in [0.29, 0.717) is 25.3 Å². The van der Waals surface area contributed by atoms with Crippen molar-refractivity contribution in [1.82, 2.24) is 9.88 Å². The van der Waals surface area contributed by atoms with Crippen molar-refractivity contribution in [2.24, 2.45) is 0 Å². The summed E-state index contributed by atoms with van der Waals surface area (Å²) < 4.78 is 19.8. The Bertz CT molecular complexity index is 1140. The average Bonchev–Trinajstić information content (AvgIpc) is 2.84. The van der Waals surface area contributed by atoms with Gasteiger partial charge in [-0.3, -0.25) is 9.69 Å². The van der Waals surface area contributed by atoms with Crippen LogP contribution in [-0.2, 0) is 11.2 Å². The molecule has 7 heteroatoms. The molecule has 6 nitrogen and oxygen atoms in total. The summed E-state index contributed by atoms with van der Waals surface area (Å²) in [5, 5.41) is 5.29. The van der Waals surface area contributed by atoms with Crippen LogP contribution in [0.15, 0.2) is 48.5 Å². The van der Waals surface area contributed by atoms with Gasteiger partial charge in [0.25, 0.3) is 5.88 Å². The minimum Gasteiger partial charge on any atom is -0.476 e. The molecular weight excluding hydrogens is 419 g/mol. The van der Waals surface area contributed by atoms with Crippen molar-refractivity contribution in [2.75, 3.05) is 49.5 Å². The highest BCUT2D eigenvalue weighted by molar-refractivity contribution is 5.94. The highest BCUT2D eigenvalue weighted by atomic mass is 19.1. The number of nitrogens with zero attached hydrogens (tertiary/aromatic N) is 3. The maximum Gasteiger partial charge on any atom is 0.252 e. The Morgan fingerprint density at radius 1 is 1.00 bits per heavy atom. The Balaban J connectivity index is 1.06. The lowest BCUT2D eigenvalue weighted by Crippen LogP contribution is -2.46. The molecule has 1 saturated heterocycles. The van der Waals surface area contributed by atoms with Gasteiger partial charge in [0.2, 0.25) is 5.91 Å². The number of hydrogen-bond acceptors (Lipinski definition) is 5. The van der Waals surface area contributed by atoms with Crippen LogP contribution in [0.1, 0.15) is 24.8 Å². The number of piperazine rings is 1. The SMILES string of the molecule is O=C1CCc2cc(F)c(OCCCCN3CCN(c4cccc5ccccc45)CC3)nc2N1. The lowest BCUT2D eigenvalue weighted by atomic mass is 10.1. The zero-order valence-electron chi connectivity index (χ0n) is 18.7. The van der Waals surface area contributed by atoms with Gasteiger partial charge in [0, 0.05) is 43.7 Å². The summed E-state index contributed by atoms with van der Waals surface area (Å²) in [4.78, 5) is 20.7. The quantitative estimate of drug-likeness (QED) is 0.548. The van der Waals surface area contributed by atoms with E-state index in [1.54, 1.807) is 0 Å². The van der Waals surface area contributed by atoms with Gasteiger partial charge >= 0.3 is 0 Å². The lowest BCUT2D eigenvalue weighted by molar-refractivity contribution is -0.116. The summed E-state index contributed by atoms with van der Waals surface area (Å²) in [5.74, 6) is -0.158. The van der Waals surface area contributed by atoms with Crippen LogP contribution in [0, 0.1) is 5.82 Å². The van der Waals surface area contributed by atoms with Crippen molar-refractivity contribution < 1.29 is 13.9 Å². The first kappa shape index (κ1) is 21.6. The number of unbranched alkanes of at least 4 members (excludes halogenated alkanes) is 1. The van der Waals surface area contributed by atoms with E-state index in [0.717, 1.165) is 51.1 Å². The monoisotopic (exact) mass is 448 g/mol. The van der Waals surface area contributed by atoms with Crippen molar-refractivity contribution >= 4 is 28.2 Å². The number of benzene rings is 2. The Kier molecular flexibility index (Phi) is 6.39. The van der Waals surface area contributed by atoms with Gasteiger partial charge in [0.05, 0.1) is 6.61 Å². The van der Waals surface area contributed by atoms with E-state index in [4.69, 9.17) is 4.74 Å². The number of carbonyl (C=O) groups excluding carboxylic acids is 1. The molecule has 0 bridgehead atoms. The number of fused-ring (bicyclic) bond motifs is 2. The Morgan fingerprint density at radius 2 is 1.82 bits per heavy atom. The van der Waals surface area contributed by atoms with E-state index in [2.05, 4.69) is 62.6 Å². The number of nitrogens with one attached hydrogen (secondary N) is 1. The number of aryl methyl sites for hydroxylation is 1. The fourth-order valence-electron chi connectivity index (χ4n) is 4.66. The molecular formula is C26H29FN4O2. The van der Waals surface area contributed by atoms with Crippen molar-refractivity contribution in [2.45, 2.75) is 25.7 Å². The molecule has 2 aliphatic heterocycles. The predicted octanol–water partition coefficient (Wildman–Crippen LogP) is 4.24. The second-order valence-electron chi connectivity index (χ2n) is 8.71. The summed E-state index contributed by atoms with van der Waals surface area (Å²) >= 11 is 0. The number of aromatic nitrogens is 1. The molecule has 5 rings (SSSR count). The molecule has 2 aliphatic rings. The molecule has 1 fully saturated rings. The molecule has 1 N–H and O–H groups in total. The van der Waals surface area contributed by atoms with Gasteiger partial charge in [-0.05, 0) is 48.9 Å². The minimum absolute atomic E-state index is 0.0281. The summed E-state index contributed by atoms with van der Waals surface area (Å²) in [6, 6.07) is 16.5. The van der Waals surface area contributed by atoms with Crippen LogP contribution in [0.5, 0.6) is 5.88 Å². The van der Waals surface area contributed by atoms with Crippen LogP contribution in [0.3, 0.4) is 0 Å². The van der Waals surface area contributed by atoms with Gasteiger partial charge in [-0.25, -0.2) is 4.39 Å². The zero-order chi connectivity index (χ0) is 22.6. The molecule has 0 saturated carbocycles. The van der Waals surface area contributed by atoms with Crippen molar-refractivity contribution in [3.63, 3.8) is 0 Å². The number of carbonyl (C=O) groups is 1. The van der Waals surface area contributed by atoms with Crippen molar-refractivity contribution in [3.8, 4) is 5.88 Å². The molecule has 3 aromatic rings. The Labute approximate surface area is 193 Å². The molecule has 1 aromatic heterocycles. The second kappa shape index (κ2) is 9.75. The lowest BCUT2D eigenvalue weighted by Gasteiger charge is -2.36. The fourth-order valence-corrected chi connectivity index (χ4v) is 4.66. The number of hydrogen-bond donors (Lipinski definition) is 1. The highest BCUT2D eigenvalue weighted by Crippen LogP contribution is 2.28. The molecule has 33 heavy (non-hydrogen) atoms. The third-order valence-electron chi connectivity index (χ3n) is 6.49. The van der Waals surface area contributed by atoms with Crippen LogP contribution in [-0.4, -0.2) is 55.1 Å². The van der Waals surface area contributed by atoms with Crippen LogP contribution in [0.25, 0.3) is 10.8 Å². The van der Waals surface area contributed by atoms with Gasteiger partial charge in [0.1, 0.15) is 5.82 Å². The fraction of sp³-hybridized carbons (Fsp3) is 0.385. The van der Waals surface area contributed by atoms with Crippen molar-refractivity contribution in [3.05, 3.63) is 59.9 Å². The molecule has 2 aromatic carbocycles. The van der Waals surface area contributed by atoms with Gasteiger partial charge in [-0.1, -0.05) is 36.4 Å². The van der Waals surface area contributed by atoms with E-state index in [9.17, 15) is 9.18 Å². The topological polar surface area (TPSA) is 57.7 Å². The number of halogens is 1. The van der Waals surface area contributed by atoms with Crippen LogP contribution in [0.2, 0.25) is 0 Å². The predicted molar refractivity (Wildman–Crippen MR) is 128 cm³/mol. The van der Waals surface area contributed by atoms with Crippen molar-refractivity contribution in [1.29, 1.82) is 0 Å². The van der Waals surface area contributed by atoms with E-state index < -0.39 is 5.82 Å². The maximum absolute atomic E-state index is 14.2. The number of anilines is 2. The maximum atomic E-state index is 14.2. The molecule has 172 valence electrons. The van der Waals surface area contributed by atoms with Gasteiger partial charge in [-0.15, -0.1) is 0 Å². The highest BCUT2D eigenvalue weighted by Gasteiger charge is 2.20. The number of ether oxygens (including phenoxy) is 1. The Hall–Kier alpha value is -3.19. The normalized spacial score (nSPS) is 16.5. The standard InChI is InChI=1S/C26H29FN4O2/c27-22-18-20-10-11-24(32)28-25(20)29-26(22)33-17-4-3-12-30-13-15-31(16-14-30)23-9-5-7-19-6-1-2-8-21(19)23/h1-2,5-9,18H,3-4,10-17H2,(H,28,29,32). The first-order chi connectivity index (χ1) is 16.2. The number of rotatable bonds is 7. The third-order valence-corrected chi connectivity index (χ3v) is 6.49. The zero-order valence-corrected chi connectivity index (χ0v) is 18.7. The van der Waals surface area contributed by atoms with E-state index in [1.165, 1.54) is 22.5 Å². The molecule has 0 unspecified atom stereocenters.